The molecular formula is C35H58O9. The van der Waals surface area contributed by atoms with Crippen LogP contribution in [0.5, 0.6) is 0 Å². The van der Waals surface area contributed by atoms with E-state index in [1.807, 2.05) is 13.8 Å². The lowest BCUT2D eigenvalue weighted by atomic mass is 9.41. The highest BCUT2D eigenvalue weighted by atomic mass is 16.7. The first-order chi connectivity index (χ1) is 20.3. The van der Waals surface area contributed by atoms with E-state index in [-0.39, 0.29) is 52.3 Å². The Hall–Kier alpha value is -0.360. The molecule has 2 saturated heterocycles. The average Bonchev–Trinajstić information content (AvgIpc) is 3.27. The van der Waals surface area contributed by atoms with Crippen LogP contribution in [0.25, 0.3) is 0 Å². The minimum absolute atomic E-state index is 0.00753. The molecule has 2 aliphatic heterocycles. The van der Waals surface area contributed by atoms with Gasteiger partial charge in [0, 0.05) is 5.92 Å². The first kappa shape index (κ1) is 32.2. The van der Waals surface area contributed by atoms with Gasteiger partial charge >= 0.3 is 0 Å². The molecule has 16 atom stereocenters. The fourth-order valence-electron chi connectivity index (χ4n) is 13.4. The molecule has 0 radical (unpaired) electrons. The highest BCUT2D eigenvalue weighted by Gasteiger charge is 2.85. The zero-order chi connectivity index (χ0) is 32.0. The number of rotatable bonds is 4. The summed E-state index contributed by atoms with van der Waals surface area (Å²) in [6, 6.07) is 0. The van der Waals surface area contributed by atoms with Gasteiger partial charge in [0.15, 0.2) is 6.29 Å². The predicted molar refractivity (Wildman–Crippen MR) is 161 cm³/mol. The third-order valence-electron chi connectivity index (χ3n) is 15.5. The van der Waals surface area contributed by atoms with Crippen molar-refractivity contribution in [2.24, 2.45) is 44.8 Å². The van der Waals surface area contributed by atoms with Crippen molar-refractivity contribution in [1.29, 1.82) is 0 Å². The Kier molecular flexibility index (Phi) is 7.04. The predicted octanol–water partition coefficient (Wildman–Crippen LogP) is 2.90. The van der Waals surface area contributed by atoms with Crippen molar-refractivity contribution in [3.05, 3.63) is 0 Å². The average molecular weight is 623 g/mol. The molecule has 5 aliphatic carbocycles. The molecule has 44 heavy (non-hydrogen) atoms. The standard InChI is InChI=1S/C35H58O9/c1-29(2)22(43-28-25(40)24(39)20(38)16-42-28)9-11-35-17-34(35)13-12-31(5)27(33(7)10-8-23(44-33)30(3,4)41)19(37)15-32(31,6)21(34)14-18(36)26(29)35/h18-28,36-41H,8-17H2,1-7H3/t18-,19+,20+,21+,22-,23+,24-,25+,26-,27-,28+,31-,32+,33-,34+,35-/m1/s1. The molecule has 9 nitrogen and oxygen atoms in total. The van der Waals surface area contributed by atoms with Crippen molar-refractivity contribution < 1.29 is 44.8 Å². The van der Waals surface area contributed by atoms with Crippen LogP contribution in [0.1, 0.15) is 106 Å². The van der Waals surface area contributed by atoms with Gasteiger partial charge in [-0.1, -0.05) is 27.7 Å². The summed E-state index contributed by atoms with van der Waals surface area (Å²) in [5.74, 6) is 0.285. The Balaban J connectivity index is 1.15. The molecule has 0 amide bonds. The lowest BCUT2D eigenvalue weighted by Crippen LogP contribution is -2.63. The van der Waals surface area contributed by atoms with Crippen molar-refractivity contribution in [2.45, 2.75) is 166 Å². The van der Waals surface area contributed by atoms with Gasteiger partial charge in [0.2, 0.25) is 0 Å². The maximum Gasteiger partial charge on any atom is 0.186 e. The van der Waals surface area contributed by atoms with Gasteiger partial charge in [0.1, 0.15) is 18.3 Å². The zero-order valence-electron chi connectivity index (χ0n) is 27.8. The highest BCUT2D eigenvalue weighted by Crippen LogP contribution is 2.89. The van der Waals surface area contributed by atoms with E-state index in [0.29, 0.717) is 18.8 Å². The lowest BCUT2D eigenvalue weighted by Gasteiger charge is -2.64. The van der Waals surface area contributed by atoms with Crippen LogP contribution in [0.2, 0.25) is 0 Å². The molecule has 7 fully saturated rings. The van der Waals surface area contributed by atoms with E-state index in [0.717, 1.165) is 44.9 Å². The van der Waals surface area contributed by atoms with Crippen LogP contribution >= 0.6 is 0 Å². The number of aliphatic hydroxyl groups excluding tert-OH is 5. The van der Waals surface area contributed by atoms with Gasteiger partial charge in [-0.15, -0.1) is 0 Å². The van der Waals surface area contributed by atoms with Crippen molar-refractivity contribution in [2.75, 3.05) is 6.61 Å². The molecule has 5 saturated carbocycles. The summed E-state index contributed by atoms with van der Waals surface area (Å²) < 4.78 is 18.7. The van der Waals surface area contributed by atoms with E-state index >= 15 is 0 Å². The minimum atomic E-state index is -1.33. The summed E-state index contributed by atoms with van der Waals surface area (Å²) in [7, 11) is 0. The van der Waals surface area contributed by atoms with E-state index in [9.17, 15) is 30.6 Å². The molecule has 0 aromatic heterocycles. The van der Waals surface area contributed by atoms with Crippen molar-refractivity contribution in [1.82, 2.24) is 0 Å². The van der Waals surface area contributed by atoms with E-state index < -0.39 is 53.4 Å². The lowest BCUT2D eigenvalue weighted by molar-refractivity contribution is -0.306. The molecule has 0 bridgehead atoms. The Morgan fingerprint density at radius 2 is 1.45 bits per heavy atom. The molecule has 2 heterocycles. The second kappa shape index (κ2) is 9.63. The van der Waals surface area contributed by atoms with Gasteiger partial charge in [0.25, 0.3) is 0 Å². The molecule has 0 aromatic carbocycles. The van der Waals surface area contributed by atoms with Crippen molar-refractivity contribution in [3.8, 4) is 0 Å². The summed E-state index contributed by atoms with van der Waals surface area (Å²) in [4.78, 5) is 0. The van der Waals surface area contributed by atoms with Gasteiger partial charge in [-0.25, -0.2) is 0 Å². The maximum atomic E-state index is 12.1. The van der Waals surface area contributed by atoms with Crippen LogP contribution in [0, 0.1) is 44.8 Å². The number of hydrogen-bond donors (Lipinski definition) is 6. The number of ether oxygens (including phenoxy) is 3. The zero-order valence-corrected chi connectivity index (χ0v) is 27.8. The van der Waals surface area contributed by atoms with Crippen molar-refractivity contribution in [3.63, 3.8) is 0 Å². The summed E-state index contributed by atoms with van der Waals surface area (Å²) in [5.41, 5.74) is -2.01. The third kappa shape index (κ3) is 3.97. The summed E-state index contributed by atoms with van der Waals surface area (Å²) >= 11 is 0. The molecule has 0 aromatic rings. The van der Waals surface area contributed by atoms with Crippen LogP contribution in [0.4, 0.5) is 0 Å². The Morgan fingerprint density at radius 1 is 0.750 bits per heavy atom. The van der Waals surface area contributed by atoms with Crippen molar-refractivity contribution >= 4 is 0 Å². The summed E-state index contributed by atoms with van der Waals surface area (Å²) in [6.45, 7) is 14.8. The van der Waals surface area contributed by atoms with Crippen LogP contribution in [-0.2, 0) is 14.2 Å². The fourth-order valence-corrected chi connectivity index (χ4v) is 13.4. The smallest absolute Gasteiger partial charge is 0.186 e. The van der Waals surface area contributed by atoms with Gasteiger partial charge in [-0.05, 0) is 117 Å². The fraction of sp³-hybridized carbons (Fsp3) is 1.00. The largest absolute Gasteiger partial charge is 0.393 e. The summed E-state index contributed by atoms with van der Waals surface area (Å²) in [6.07, 6.45) is 1.57. The molecule has 6 N–H and O–H groups in total. The van der Waals surface area contributed by atoms with Crippen LogP contribution < -0.4 is 0 Å². The number of fused-ring (bicyclic) bond motifs is 2. The first-order valence-corrected chi connectivity index (χ1v) is 17.4. The SMILES string of the molecule is CC(C)(O)[C@@H]1CC[C@](C)([C@@H]2[C@@H](O)C[C@@]3(C)[C@@H]4C[C@@H](O)[C@@H]5C(C)(C)[C@H](O[C@@H]6OC[C@H](O)[C@@H](O)[C@@H]6O)CC[C@@]56C[C@@]46CC[C@]23C)O1. The van der Waals surface area contributed by atoms with Crippen LogP contribution in [0.15, 0.2) is 0 Å². The molecule has 2 spiro atoms. The van der Waals surface area contributed by atoms with Crippen LogP contribution in [0.3, 0.4) is 0 Å². The van der Waals surface area contributed by atoms with Gasteiger partial charge in [-0.3, -0.25) is 0 Å². The Bertz CT molecular complexity index is 1160. The normalized spacial score (nSPS) is 59.8. The van der Waals surface area contributed by atoms with Crippen LogP contribution in [-0.4, -0.2) is 97.5 Å². The topological polar surface area (TPSA) is 149 Å². The summed E-state index contributed by atoms with van der Waals surface area (Å²) in [5, 5.41) is 65.5. The van der Waals surface area contributed by atoms with E-state index in [1.165, 1.54) is 0 Å². The second-order valence-electron chi connectivity index (χ2n) is 18.3. The van der Waals surface area contributed by atoms with E-state index in [1.54, 1.807) is 0 Å². The first-order valence-electron chi connectivity index (χ1n) is 17.4. The van der Waals surface area contributed by atoms with Gasteiger partial charge in [-0.2, -0.15) is 0 Å². The second-order valence-corrected chi connectivity index (χ2v) is 18.3. The molecule has 252 valence electrons. The quantitative estimate of drug-likeness (QED) is 0.260. The van der Waals surface area contributed by atoms with Gasteiger partial charge < -0.3 is 44.8 Å². The minimum Gasteiger partial charge on any atom is -0.393 e. The van der Waals surface area contributed by atoms with Gasteiger partial charge in [0.05, 0.1) is 42.2 Å². The molecule has 9 heteroatoms. The number of aliphatic hydroxyl groups is 6. The Morgan fingerprint density at radius 3 is 2.11 bits per heavy atom. The number of hydrogen-bond acceptors (Lipinski definition) is 9. The third-order valence-corrected chi connectivity index (χ3v) is 15.5. The molecule has 7 aliphatic rings. The van der Waals surface area contributed by atoms with E-state index in [2.05, 4.69) is 34.6 Å². The molecular weight excluding hydrogens is 564 g/mol. The van der Waals surface area contributed by atoms with E-state index in [4.69, 9.17) is 14.2 Å². The Labute approximate surface area is 262 Å². The monoisotopic (exact) mass is 622 g/mol. The highest BCUT2D eigenvalue weighted by molar-refractivity contribution is 5.33. The maximum absolute atomic E-state index is 12.1. The molecule has 0 unspecified atom stereocenters. The molecule has 7 rings (SSSR count).